The van der Waals surface area contributed by atoms with Crippen molar-refractivity contribution in [1.29, 1.82) is 0 Å². The van der Waals surface area contributed by atoms with Gasteiger partial charge in [0.25, 0.3) is 5.09 Å². The van der Waals surface area contributed by atoms with Crippen molar-refractivity contribution in [3.05, 3.63) is 46.0 Å². The molecular weight excluding hydrogens is 370 g/mol. The van der Waals surface area contributed by atoms with Crippen LogP contribution in [0.1, 0.15) is 49.4 Å². The molecular formula is C19H25NO8. The van der Waals surface area contributed by atoms with Crippen LogP contribution in [-0.4, -0.2) is 37.3 Å². The third-order valence-corrected chi connectivity index (χ3v) is 3.58. The highest BCUT2D eigenvalue weighted by molar-refractivity contribution is 5.90. The molecule has 9 nitrogen and oxygen atoms in total. The molecule has 28 heavy (non-hydrogen) atoms. The van der Waals surface area contributed by atoms with E-state index in [-0.39, 0.29) is 42.7 Å². The molecule has 0 saturated carbocycles. The van der Waals surface area contributed by atoms with Crippen molar-refractivity contribution >= 4 is 11.9 Å². The Kier molecular flexibility index (Phi) is 10.8. The van der Waals surface area contributed by atoms with Gasteiger partial charge in [0.05, 0.1) is 25.9 Å². The number of nitrogens with zero attached hydrogens (tertiary/aromatic N) is 1. The fourth-order valence-corrected chi connectivity index (χ4v) is 2.17. The van der Waals surface area contributed by atoms with Crippen LogP contribution in [0, 0.1) is 10.1 Å². The first-order valence-corrected chi connectivity index (χ1v) is 8.92. The van der Waals surface area contributed by atoms with Crippen LogP contribution in [0.3, 0.4) is 0 Å². The van der Waals surface area contributed by atoms with Crippen LogP contribution in [0.15, 0.2) is 30.4 Å². The first kappa shape index (κ1) is 22.9. The molecule has 9 heteroatoms. The van der Waals surface area contributed by atoms with Gasteiger partial charge < -0.3 is 19.0 Å². The molecule has 0 unspecified atom stereocenters. The number of ether oxygens (including phenoxy) is 3. The van der Waals surface area contributed by atoms with E-state index in [1.165, 1.54) is 25.3 Å². The van der Waals surface area contributed by atoms with E-state index in [0.717, 1.165) is 6.42 Å². The second kappa shape index (κ2) is 13.1. The number of hydrogen-bond acceptors (Lipinski definition) is 8. The maximum Gasteiger partial charge on any atom is 0.338 e. The van der Waals surface area contributed by atoms with E-state index in [1.807, 2.05) is 19.1 Å². The Morgan fingerprint density at radius 1 is 1.14 bits per heavy atom. The zero-order valence-corrected chi connectivity index (χ0v) is 16.0. The second-order valence-corrected chi connectivity index (χ2v) is 5.70. The Balaban J connectivity index is 2.51. The Morgan fingerprint density at radius 3 is 2.57 bits per heavy atom. The molecule has 1 aromatic carbocycles. The maximum atomic E-state index is 12.1. The molecule has 0 aliphatic carbocycles. The smallest absolute Gasteiger partial charge is 0.338 e. The molecule has 0 heterocycles. The Hall–Kier alpha value is -3.10. The predicted molar refractivity (Wildman–Crippen MR) is 99.8 cm³/mol. The van der Waals surface area contributed by atoms with Gasteiger partial charge in [-0.2, -0.15) is 0 Å². The topological polar surface area (TPSA) is 114 Å². The van der Waals surface area contributed by atoms with Gasteiger partial charge in [-0.15, -0.1) is 10.1 Å². The van der Waals surface area contributed by atoms with E-state index in [2.05, 4.69) is 4.84 Å². The molecule has 0 bridgehead atoms. The van der Waals surface area contributed by atoms with Gasteiger partial charge in [-0.05, 0) is 50.8 Å². The molecule has 1 aromatic rings. The van der Waals surface area contributed by atoms with Crippen LogP contribution in [0.5, 0.6) is 11.5 Å². The SMILES string of the molecule is C/C=C\CCCC(=O)Oc1ccc(C(=O)OCCCCO[N+](=O)[O-])cc1OC. The fraction of sp³-hybridized carbons (Fsp3) is 0.474. The molecule has 1 rings (SSSR count). The lowest BCUT2D eigenvalue weighted by molar-refractivity contribution is -0.757. The van der Waals surface area contributed by atoms with E-state index in [4.69, 9.17) is 14.2 Å². The summed E-state index contributed by atoms with van der Waals surface area (Å²) in [6, 6.07) is 4.38. The molecule has 0 aromatic heterocycles. The van der Waals surface area contributed by atoms with Crippen LogP contribution in [0.25, 0.3) is 0 Å². The minimum Gasteiger partial charge on any atom is -0.493 e. The Labute approximate surface area is 163 Å². The highest BCUT2D eigenvalue weighted by Crippen LogP contribution is 2.29. The largest absolute Gasteiger partial charge is 0.493 e. The summed E-state index contributed by atoms with van der Waals surface area (Å²) in [5.41, 5.74) is 0.242. The van der Waals surface area contributed by atoms with E-state index in [0.29, 0.717) is 19.3 Å². The first-order valence-electron chi connectivity index (χ1n) is 8.92. The number of esters is 2. The Bertz CT molecular complexity index is 687. The predicted octanol–water partition coefficient (Wildman–Crippen LogP) is 3.49. The van der Waals surface area contributed by atoms with E-state index < -0.39 is 11.1 Å². The van der Waals surface area contributed by atoms with Crippen LogP contribution in [-0.2, 0) is 14.4 Å². The monoisotopic (exact) mass is 395 g/mol. The number of carbonyl (C=O) groups is 2. The van der Waals surface area contributed by atoms with Crippen molar-refractivity contribution in [2.45, 2.75) is 39.0 Å². The summed E-state index contributed by atoms with van der Waals surface area (Å²) < 4.78 is 15.6. The summed E-state index contributed by atoms with van der Waals surface area (Å²) >= 11 is 0. The third-order valence-electron chi connectivity index (χ3n) is 3.58. The summed E-state index contributed by atoms with van der Waals surface area (Å²) in [5, 5.41) is 9.14. The van der Waals surface area contributed by atoms with Crippen molar-refractivity contribution in [3.63, 3.8) is 0 Å². The maximum absolute atomic E-state index is 12.1. The molecule has 0 atom stereocenters. The number of methoxy groups -OCH3 is 1. The molecule has 0 fully saturated rings. The van der Waals surface area contributed by atoms with Crippen molar-refractivity contribution in [1.82, 2.24) is 0 Å². The summed E-state index contributed by atoms with van der Waals surface area (Å²) in [6.07, 6.45) is 6.47. The lowest BCUT2D eigenvalue weighted by Gasteiger charge is -2.11. The van der Waals surface area contributed by atoms with E-state index >= 15 is 0 Å². The molecule has 0 saturated heterocycles. The highest BCUT2D eigenvalue weighted by Gasteiger charge is 2.14. The van der Waals surface area contributed by atoms with Crippen molar-refractivity contribution < 1.29 is 33.7 Å². The molecule has 0 amide bonds. The average Bonchev–Trinajstić information content (AvgIpc) is 2.67. The number of hydrogen-bond donors (Lipinski definition) is 0. The number of rotatable bonds is 13. The second-order valence-electron chi connectivity index (χ2n) is 5.70. The summed E-state index contributed by atoms with van der Waals surface area (Å²) in [7, 11) is 1.41. The molecule has 0 aliphatic heterocycles. The average molecular weight is 395 g/mol. The molecule has 0 radical (unpaired) electrons. The minimum atomic E-state index is -0.866. The van der Waals surface area contributed by atoms with Gasteiger partial charge in [-0.3, -0.25) is 4.79 Å². The molecule has 154 valence electrons. The standard InChI is InChI=1S/C19H25NO8/c1-3-4-5-6-9-18(21)28-16-11-10-15(14-17(16)25-2)19(22)26-12-7-8-13-27-20(23)24/h3-4,10-11,14H,5-9,12-13H2,1-2H3/b4-3-. The lowest BCUT2D eigenvalue weighted by atomic mass is 10.2. The number of allylic oxidation sites excluding steroid dienone is 2. The molecule has 0 aliphatic rings. The summed E-state index contributed by atoms with van der Waals surface area (Å²) in [4.78, 5) is 38.1. The zero-order chi connectivity index (χ0) is 20.8. The quantitative estimate of drug-likeness (QED) is 0.124. The highest BCUT2D eigenvalue weighted by atomic mass is 16.9. The number of benzene rings is 1. The van der Waals surface area contributed by atoms with Crippen LogP contribution in [0.2, 0.25) is 0 Å². The van der Waals surface area contributed by atoms with Crippen LogP contribution < -0.4 is 9.47 Å². The van der Waals surface area contributed by atoms with E-state index in [1.54, 1.807) is 0 Å². The Morgan fingerprint density at radius 2 is 1.89 bits per heavy atom. The van der Waals surface area contributed by atoms with Gasteiger partial charge in [0.15, 0.2) is 11.5 Å². The zero-order valence-electron chi connectivity index (χ0n) is 16.0. The molecule has 0 spiro atoms. The van der Waals surface area contributed by atoms with Gasteiger partial charge in [-0.1, -0.05) is 12.2 Å². The number of carbonyl (C=O) groups excluding carboxylic acids is 2. The summed E-state index contributed by atoms with van der Waals surface area (Å²) in [6.45, 7) is 1.97. The van der Waals surface area contributed by atoms with Crippen molar-refractivity contribution in [2.75, 3.05) is 20.3 Å². The van der Waals surface area contributed by atoms with Gasteiger partial charge in [0.1, 0.15) is 0 Å². The first-order chi connectivity index (χ1) is 13.5. The fourth-order valence-electron chi connectivity index (χ4n) is 2.17. The van der Waals surface area contributed by atoms with Crippen LogP contribution in [0.4, 0.5) is 0 Å². The summed E-state index contributed by atoms with van der Waals surface area (Å²) in [5.74, 6) is -0.476. The van der Waals surface area contributed by atoms with Gasteiger partial charge >= 0.3 is 11.9 Å². The van der Waals surface area contributed by atoms with Crippen molar-refractivity contribution in [2.24, 2.45) is 0 Å². The lowest BCUT2D eigenvalue weighted by Crippen LogP contribution is -2.10. The van der Waals surface area contributed by atoms with Crippen molar-refractivity contribution in [3.8, 4) is 11.5 Å². The van der Waals surface area contributed by atoms with Crippen LogP contribution >= 0.6 is 0 Å². The molecule has 0 N–H and O–H groups in total. The number of unbranched alkanes of at least 4 members (excludes halogenated alkanes) is 2. The normalized spacial score (nSPS) is 10.5. The minimum absolute atomic E-state index is 0.0484. The van der Waals surface area contributed by atoms with E-state index in [9.17, 15) is 19.7 Å². The van der Waals surface area contributed by atoms with Gasteiger partial charge in [-0.25, -0.2) is 4.79 Å². The van der Waals surface area contributed by atoms with Gasteiger partial charge in [0, 0.05) is 6.42 Å². The third kappa shape index (κ3) is 9.02. The van der Waals surface area contributed by atoms with Gasteiger partial charge in [0.2, 0.25) is 0 Å².